The van der Waals surface area contributed by atoms with E-state index < -0.39 is 59.9 Å². The number of rotatable bonds is 17. The van der Waals surface area contributed by atoms with Gasteiger partial charge in [0.2, 0.25) is 29.5 Å². The summed E-state index contributed by atoms with van der Waals surface area (Å²) in [6, 6.07) is 29.4. The minimum absolute atomic E-state index is 0.0717. The Morgan fingerprint density at radius 1 is 0.544 bits per heavy atom. The third-order valence-electron chi connectivity index (χ3n) is 13.0. The molecule has 0 fully saturated rings. The Morgan fingerprint density at radius 3 is 1.43 bits per heavy atom. The standard InChI is InChI=1S/C55H63N7O6/c1-36(40-21-11-9-12-22-40)31-50(63)48-32-42-25-17-19-27-44(42)34-61(48)54(67)46(59-51(64)38(3)56-5)29-15-7-8-16-30-47(60-52(65)39(4)57-6)55(68)62-35-45-28-20-18-26-43(45)33-49(62)53(66)58-37(2)41-23-13-10-14-24-41/h9-14,17-28,36-39,46-49,56-57H,29-35H2,1-6H3,(H,58,66)(H,59,64)(H,60,65)/t36-,37+,38-,39-,46-,47-,48-,49-/m0/s1. The Labute approximate surface area is 400 Å². The van der Waals surface area contributed by atoms with Gasteiger partial charge in [0.05, 0.1) is 24.2 Å². The Hall–Kier alpha value is -7.06. The van der Waals surface area contributed by atoms with Gasteiger partial charge in [-0.3, -0.25) is 28.8 Å². The molecule has 68 heavy (non-hydrogen) atoms. The van der Waals surface area contributed by atoms with Crippen LogP contribution in [0.1, 0.15) is 92.3 Å². The van der Waals surface area contributed by atoms with Crippen LogP contribution in [0.25, 0.3) is 0 Å². The number of hydrogen-bond donors (Lipinski definition) is 5. The average Bonchev–Trinajstić information content (AvgIpc) is 3.37. The van der Waals surface area contributed by atoms with E-state index in [1.54, 1.807) is 32.8 Å². The van der Waals surface area contributed by atoms with Crippen LogP contribution in [0.2, 0.25) is 0 Å². The number of amides is 5. The summed E-state index contributed by atoms with van der Waals surface area (Å²) in [5.41, 5.74) is 5.73. The van der Waals surface area contributed by atoms with Crippen LogP contribution in [0, 0.1) is 23.7 Å². The summed E-state index contributed by atoms with van der Waals surface area (Å²) in [6.45, 7) is 7.59. The normalized spacial score (nSPS) is 17.6. The zero-order chi connectivity index (χ0) is 48.7. The number of benzene rings is 4. The molecule has 2 heterocycles. The predicted octanol–water partition coefficient (Wildman–Crippen LogP) is 4.51. The van der Waals surface area contributed by atoms with Crippen LogP contribution >= 0.6 is 0 Å². The van der Waals surface area contributed by atoms with Gasteiger partial charge in [0, 0.05) is 45.2 Å². The molecule has 0 aromatic heterocycles. The molecular formula is C55H63N7O6. The second-order valence-corrected chi connectivity index (χ2v) is 17.7. The Balaban J connectivity index is 1.23. The van der Waals surface area contributed by atoms with Crippen LogP contribution < -0.4 is 26.6 Å². The first-order chi connectivity index (χ1) is 32.8. The molecule has 4 aromatic rings. The zero-order valence-electron chi connectivity index (χ0n) is 39.8. The molecule has 13 heteroatoms. The van der Waals surface area contributed by atoms with E-state index in [2.05, 4.69) is 50.3 Å². The molecule has 5 amide bonds. The molecule has 0 saturated heterocycles. The van der Waals surface area contributed by atoms with Crippen LogP contribution in [0.4, 0.5) is 0 Å². The van der Waals surface area contributed by atoms with Crippen LogP contribution in [0.3, 0.4) is 0 Å². The van der Waals surface area contributed by atoms with Gasteiger partial charge in [-0.2, -0.15) is 0 Å². The smallest absolute Gasteiger partial charge is 0.247 e. The van der Waals surface area contributed by atoms with Gasteiger partial charge in [-0.15, -0.1) is 0 Å². The number of hydrogen-bond acceptors (Lipinski definition) is 8. The van der Waals surface area contributed by atoms with Crippen LogP contribution in [0.5, 0.6) is 0 Å². The van der Waals surface area contributed by atoms with Gasteiger partial charge in [-0.25, -0.2) is 0 Å². The Morgan fingerprint density at radius 2 is 0.956 bits per heavy atom. The Kier molecular flexibility index (Phi) is 17.9. The summed E-state index contributed by atoms with van der Waals surface area (Å²) < 4.78 is 0. The predicted molar refractivity (Wildman–Crippen MR) is 262 cm³/mol. The number of carbonyl (C=O) groups is 6. The van der Waals surface area contributed by atoms with Crippen LogP contribution in [-0.4, -0.2) is 95.5 Å². The molecule has 5 N–H and O–H groups in total. The maximum Gasteiger partial charge on any atom is 0.247 e. The molecule has 0 radical (unpaired) electrons. The van der Waals surface area contributed by atoms with Gasteiger partial charge < -0.3 is 36.4 Å². The van der Waals surface area contributed by atoms with Crippen molar-refractivity contribution in [3.8, 4) is 23.7 Å². The first-order valence-electron chi connectivity index (χ1n) is 23.4. The molecular weight excluding hydrogens is 855 g/mol. The average molecular weight is 918 g/mol. The zero-order valence-corrected chi connectivity index (χ0v) is 39.8. The highest BCUT2D eigenvalue weighted by Gasteiger charge is 2.40. The lowest BCUT2D eigenvalue weighted by Crippen LogP contribution is -2.58. The largest absolute Gasteiger partial charge is 0.348 e. The van der Waals surface area contributed by atoms with Crippen LogP contribution in [-0.2, 0) is 54.7 Å². The molecule has 6 rings (SSSR count). The number of fused-ring (bicyclic) bond motifs is 2. The number of ketones is 1. The lowest BCUT2D eigenvalue weighted by atomic mass is 9.86. The van der Waals surface area contributed by atoms with E-state index in [1.807, 2.05) is 123 Å². The van der Waals surface area contributed by atoms with Gasteiger partial charge in [-0.1, -0.05) is 128 Å². The number of carbonyl (C=O) groups excluding carboxylic acids is 6. The summed E-state index contributed by atoms with van der Waals surface area (Å²) >= 11 is 0. The van der Waals surface area contributed by atoms with E-state index in [9.17, 15) is 28.8 Å². The first kappa shape index (κ1) is 50.4. The van der Waals surface area contributed by atoms with Gasteiger partial charge >= 0.3 is 0 Å². The van der Waals surface area contributed by atoms with E-state index in [1.165, 1.54) is 4.90 Å². The van der Waals surface area contributed by atoms with E-state index >= 15 is 0 Å². The maximum absolute atomic E-state index is 14.6. The number of Topliss-reactive ketones (excluding diaryl/α,β-unsaturated/α-hetero) is 1. The molecule has 0 unspecified atom stereocenters. The minimum Gasteiger partial charge on any atom is -0.348 e. The highest BCUT2D eigenvalue weighted by Crippen LogP contribution is 2.29. The fourth-order valence-electron chi connectivity index (χ4n) is 8.55. The quantitative estimate of drug-likeness (QED) is 0.0966. The van der Waals surface area contributed by atoms with E-state index in [-0.39, 0.29) is 62.4 Å². The molecule has 2 aliphatic rings. The first-order valence-corrected chi connectivity index (χ1v) is 23.4. The summed E-state index contributed by atoms with van der Waals surface area (Å²) in [6.07, 6.45) is 0.626. The van der Waals surface area contributed by atoms with Crippen molar-refractivity contribution in [3.63, 3.8) is 0 Å². The highest BCUT2D eigenvalue weighted by molar-refractivity contribution is 5.95. The maximum atomic E-state index is 14.6. The van der Waals surface area contributed by atoms with Crippen molar-refractivity contribution in [2.75, 3.05) is 14.1 Å². The van der Waals surface area contributed by atoms with Gasteiger partial charge in [-0.05, 0) is 86.0 Å². The lowest BCUT2D eigenvalue weighted by Gasteiger charge is -2.38. The molecule has 0 bridgehead atoms. The molecule has 0 spiro atoms. The van der Waals surface area contributed by atoms with Gasteiger partial charge in [0.1, 0.15) is 18.1 Å². The van der Waals surface area contributed by atoms with Crippen molar-refractivity contribution >= 4 is 35.3 Å². The third-order valence-corrected chi connectivity index (χ3v) is 13.0. The number of likely N-dealkylation sites (N-methyl/N-ethyl adjacent to an activating group) is 2. The van der Waals surface area contributed by atoms with Crippen molar-refractivity contribution in [1.29, 1.82) is 0 Å². The van der Waals surface area contributed by atoms with Crippen molar-refractivity contribution in [3.05, 3.63) is 143 Å². The van der Waals surface area contributed by atoms with E-state index in [0.29, 0.717) is 6.42 Å². The molecule has 0 saturated carbocycles. The second-order valence-electron chi connectivity index (χ2n) is 17.7. The van der Waals surface area contributed by atoms with Crippen molar-refractivity contribution in [2.45, 2.75) is 121 Å². The number of nitrogens with zero attached hydrogens (tertiary/aromatic N) is 2. The lowest BCUT2D eigenvalue weighted by molar-refractivity contribution is -0.144. The topological polar surface area (TPSA) is 169 Å². The molecule has 13 nitrogen and oxygen atoms in total. The third kappa shape index (κ3) is 12.9. The second kappa shape index (κ2) is 24.1. The highest BCUT2D eigenvalue weighted by atomic mass is 16.2. The Bertz CT molecular complexity index is 2390. The summed E-state index contributed by atoms with van der Waals surface area (Å²) in [5.74, 6) is 9.27. The monoisotopic (exact) mass is 917 g/mol. The fraction of sp³-hybridized carbons (Fsp3) is 0.382. The van der Waals surface area contributed by atoms with Crippen molar-refractivity contribution < 1.29 is 28.8 Å². The van der Waals surface area contributed by atoms with Gasteiger partial charge in [0.15, 0.2) is 5.78 Å². The minimum atomic E-state index is -1.13. The summed E-state index contributed by atoms with van der Waals surface area (Å²) in [4.78, 5) is 87.2. The SMILES string of the molecule is CN[C@@H](C)C(=O)N[C@@H](CC#CC#CC[C@H](NC(=O)[C@H](C)NC)C(=O)N1Cc2ccccc2C[C@H]1C(=O)N[C@H](C)c1ccccc1)C(=O)N1Cc2ccccc2C[C@H]1C(=O)C[C@H](C)c1ccccc1. The van der Waals surface area contributed by atoms with E-state index in [4.69, 9.17) is 0 Å². The van der Waals surface area contributed by atoms with Gasteiger partial charge in [0.25, 0.3) is 0 Å². The summed E-state index contributed by atoms with van der Waals surface area (Å²) in [7, 11) is 3.28. The fourth-order valence-corrected chi connectivity index (χ4v) is 8.55. The molecule has 8 atom stereocenters. The molecule has 2 aliphatic heterocycles. The number of nitrogens with one attached hydrogen (secondary N) is 5. The molecule has 0 aliphatic carbocycles. The summed E-state index contributed by atoms with van der Waals surface area (Å²) in [5, 5.41) is 14.6. The molecule has 4 aromatic carbocycles. The van der Waals surface area contributed by atoms with Crippen molar-refractivity contribution in [1.82, 2.24) is 36.4 Å². The van der Waals surface area contributed by atoms with Crippen molar-refractivity contribution in [2.24, 2.45) is 0 Å². The molecule has 354 valence electrons. The van der Waals surface area contributed by atoms with Crippen LogP contribution in [0.15, 0.2) is 109 Å². The van der Waals surface area contributed by atoms with E-state index in [0.717, 1.165) is 33.4 Å².